The van der Waals surface area contributed by atoms with E-state index in [9.17, 15) is 9.90 Å². The second-order valence-electron chi connectivity index (χ2n) is 6.72. The number of rotatable bonds is 7. The minimum Gasteiger partial charge on any atom is -0.391 e. The molecule has 1 fully saturated rings. The average Bonchev–Trinajstić information content (AvgIpc) is 2.68. The number of anilines is 1. The maximum absolute atomic E-state index is 12.2. The van der Waals surface area contributed by atoms with Crippen LogP contribution in [0.25, 0.3) is 0 Å². The van der Waals surface area contributed by atoms with E-state index in [1.54, 1.807) is 24.5 Å². The zero-order valence-corrected chi connectivity index (χ0v) is 14.9. The van der Waals surface area contributed by atoms with Crippen LogP contribution in [0.1, 0.15) is 48.2 Å². The van der Waals surface area contributed by atoms with Crippen LogP contribution in [0.4, 0.5) is 5.82 Å². The highest BCUT2D eigenvalue weighted by atomic mass is 16.3. The molecule has 6 nitrogen and oxygen atoms in total. The number of carbonyl (C=O) groups excluding carboxylic acids is 1. The molecule has 6 heteroatoms. The van der Waals surface area contributed by atoms with Gasteiger partial charge in [-0.2, -0.15) is 0 Å². The van der Waals surface area contributed by atoms with Gasteiger partial charge in [-0.15, -0.1) is 0 Å². The molecule has 26 heavy (non-hydrogen) atoms. The maximum atomic E-state index is 12.2. The highest BCUT2D eigenvalue weighted by Gasteiger charge is 2.22. The highest BCUT2D eigenvalue weighted by Crippen LogP contribution is 2.21. The summed E-state index contributed by atoms with van der Waals surface area (Å²) in [5.74, 6) is 0.574. The first kappa shape index (κ1) is 18.3. The monoisotopic (exact) mass is 354 g/mol. The molecule has 1 aliphatic rings. The Morgan fingerprint density at radius 3 is 2.77 bits per heavy atom. The van der Waals surface area contributed by atoms with E-state index in [1.165, 1.54) is 0 Å². The number of hydrogen-bond acceptors (Lipinski definition) is 5. The van der Waals surface area contributed by atoms with E-state index in [1.807, 2.05) is 18.2 Å². The molecule has 0 unspecified atom stereocenters. The normalized spacial score (nSPS) is 19.7. The van der Waals surface area contributed by atoms with E-state index in [2.05, 4.69) is 20.6 Å². The molecule has 3 N–H and O–H groups in total. The Hall–Kier alpha value is -2.47. The summed E-state index contributed by atoms with van der Waals surface area (Å²) in [7, 11) is 0. The first-order chi connectivity index (χ1) is 12.7. The van der Waals surface area contributed by atoms with Gasteiger partial charge in [0.05, 0.1) is 17.7 Å². The Balaban J connectivity index is 1.43. The fraction of sp³-hybridized carbons (Fsp3) is 0.450. The number of aromatic nitrogens is 2. The Morgan fingerprint density at radius 2 is 2.04 bits per heavy atom. The molecule has 0 bridgehead atoms. The molecule has 0 spiro atoms. The summed E-state index contributed by atoms with van der Waals surface area (Å²) in [5, 5.41) is 16.2. The number of nitrogens with one attached hydrogen (secondary N) is 2. The molecular weight excluding hydrogens is 328 g/mol. The van der Waals surface area contributed by atoms with Crippen LogP contribution in [0.2, 0.25) is 0 Å². The van der Waals surface area contributed by atoms with Gasteiger partial charge in [0.2, 0.25) is 0 Å². The molecule has 1 amide bonds. The molecule has 0 radical (unpaired) electrons. The summed E-state index contributed by atoms with van der Waals surface area (Å²) in [6.45, 7) is 0.601. The van der Waals surface area contributed by atoms with Crippen molar-refractivity contribution in [1.29, 1.82) is 0 Å². The van der Waals surface area contributed by atoms with E-state index in [0.717, 1.165) is 44.2 Å². The van der Waals surface area contributed by atoms with Crippen LogP contribution in [0.15, 0.2) is 42.7 Å². The average molecular weight is 354 g/mol. The van der Waals surface area contributed by atoms with E-state index in [0.29, 0.717) is 17.9 Å². The molecule has 2 heterocycles. The number of amides is 1. The van der Waals surface area contributed by atoms with Crippen LogP contribution in [-0.4, -0.2) is 39.7 Å². The van der Waals surface area contributed by atoms with Gasteiger partial charge < -0.3 is 15.7 Å². The molecular formula is C20H26N4O2. The van der Waals surface area contributed by atoms with E-state index in [-0.39, 0.29) is 18.1 Å². The van der Waals surface area contributed by atoms with Crippen molar-refractivity contribution in [1.82, 2.24) is 15.3 Å². The molecule has 0 aliphatic heterocycles. The van der Waals surface area contributed by atoms with Crippen molar-refractivity contribution < 1.29 is 9.90 Å². The second kappa shape index (κ2) is 9.29. The van der Waals surface area contributed by atoms with Crippen molar-refractivity contribution in [2.75, 3.05) is 11.9 Å². The summed E-state index contributed by atoms with van der Waals surface area (Å²) in [5.41, 5.74) is 1.57. The van der Waals surface area contributed by atoms with Crippen LogP contribution in [0.3, 0.4) is 0 Å². The molecule has 3 rings (SSSR count). The summed E-state index contributed by atoms with van der Waals surface area (Å²) in [6, 6.07) is 9.45. The zero-order valence-electron chi connectivity index (χ0n) is 14.9. The lowest BCUT2D eigenvalue weighted by Gasteiger charge is -2.28. The number of nitrogens with zero attached hydrogens (tertiary/aromatic N) is 2. The maximum Gasteiger partial charge on any atom is 0.252 e. The Morgan fingerprint density at radius 1 is 1.15 bits per heavy atom. The number of hydrogen-bond donors (Lipinski definition) is 3. The van der Waals surface area contributed by atoms with Crippen molar-refractivity contribution in [3.8, 4) is 0 Å². The van der Waals surface area contributed by atoms with Gasteiger partial charge in [-0.1, -0.05) is 18.9 Å². The lowest BCUT2D eigenvalue weighted by atomic mass is 9.92. The van der Waals surface area contributed by atoms with Crippen LogP contribution in [0.5, 0.6) is 0 Å². The number of aliphatic hydroxyl groups excluding tert-OH is 1. The first-order valence-corrected chi connectivity index (χ1v) is 9.31. The fourth-order valence-corrected chi connectivity index (χ4v) is 3.20. The van der Waals surface area contributed by atoms with Crippen LogP contribution >= 0.6 is 0 Å². The van der Waals surface area contributed by atoms with Gasteiger partial charge in [0.25, 0.3) is 5.91 Å². The predicted octanol–water partition coefficient (Wildman–Crippen LogP) is 2.55. The quantitative estimate of drug-likeness (QED) is 0.665. The van der Waals surface area contributed by atoms with Gasteiger partial charge in [-0.3, -0.25) is 9.78 Å². The van der Waals surface area contributed by atoms with Gasteiger partial charge in [-0.25, -0.2) is 4.98 Å². The Bertz CT molecular complexity index is 691. The van der Waals surface area contributed by atoms with Gasteiger partial charge in [0, 0.05) is 24.6 Å². The van der Waals surface area contributed by atoms with Gasteiger partial charge in [-0.05, 0) is 49.9 Å². The highest BCUT2D eigenvalue weighted by molar-refractivity contribution is 5.94. The number of pyridine rings is 2. The summed E-state index contributed by atoms with van der Waals surface area (Å²) < 4.78 is 0. The van der Waals surface area contributed by atoms with Gasteiger partial charge in [0.1, 0.15) is 5.82 Å². The Labute approximate surface area is 154 Å². The van der Waals surface area contributed by atoms with Crippen molar-refractivity contribution in [2.45, 2.75) is 50.7 Å². The van der Waals surface area contributed by atoms with E-state index in [4.69, 9.17) is 0 Å². The third-order valence-corrected chi connectivity index (χ3v) is 4.71. The molecule has 1 aliphatic carbocycles. The van der Waals surface area contributed by atoms with Gasteiger partial charge in [0.15, 0.2) is 0 Å². The molecule has 138 valence electrons. The standard InChI is InChI=1S/C20H26N4O2/c25-18-9-2-1-8-17(18)24-19-11-10-15(14-23-19)20(26)22-13-5-7-16-6-3-4-12-21-16/h3-4,6,10-12,14,17-18,25H,1-2,5,7-9,13H2,(H,22,26)(H,23,24)/t17-,18-/m0/s1. The van der Waals surface area contributed by atoms with Crippen molar-refractivity contribution >= 4 is 11.7 Å². The SMILES string of the molecule is O=C(NCCCc1ccccn1)c1ccc(N[C@H]2CCCC[C@@H]2O)nc1. The molecule has 0 saturated heterocycles. The third-order valence-electron chi connectivity index (χ3n) is 4.71. The molecule has 2 atom stereocenters. The van der Waals surface area contributed by atoms with Crippen molar-refractivity contribution in [3.05, 3.63) is 54.0 Å². The fourth-order valence-electron chi connectivity index (χ4n) is 3.20. The lowest BCUT2D eigenvalue weighted by molar-refractivity contribution is 0.0952. The molecule has 0 aromatic carbocycles. The molecule has 2 aromatic heterocycles. The van der Waals surface area contributed by atoms with Crippen LogP contribution in [-0.2, 0) is 6.42 Å². The second-order valence-corrected chi connectivity index (χ2v) is 6.72. The number of aliphatic hydroxyl groups is 1. The Kier molecular flexibility index (Phi) is 6.55. The largest absolute Gasteiger partial charge is 0.391 e. The summed E-state index contributed by atoms with van der Waals surface area (Å²) in [4.78, 5) is 20.8. The number of aryl methyl sites for hydroxylation is 1. The van der Waals surface area contributed by atoms with Crippen LogP contribution in [0, 0.1) is 0 Å². The van der Waals surface area contributed by atoms with Crippen LogP contribution < -0.4 is 10.6 Å². The minimum absolute atomic E-state index is 0.0440. The third kappa shape index (κ3) is 5.26. The smallest absolute Gasteiger partial charge is 0.252 e. The summed E-state index contributed by atoms with van der Waals surface area (Å²) in [6.07, 6.45) is 8.68. The molecule has 1 saturated carbocycles. The summed E-state index contributed by atoms with van der Waals surface area (Å²) >= 11 is 0. The minimum atomic E-state index is -0.326. The van der Waals surface area contributed by atoms with E-state index >= 15 is 0 Å². The zero-order chi connectivity index (χ0) is 18.2. The van der Waals surface area contributed by atoms with Crippen molar-refractivity contribution in [2.24, 2.45) is 0 Å². The number of carbonyl (C=O) groups is 1. The topological polar surface area (TPSA) is 87.1 Å². The lowest BCUT2D eigenvalue weighted by Crippen LogP contribution is -2.36. The van der Waals surface area contributed by atoms with Gasteiger partial charge >= 0.3 is 0 Å². The van der Waals surface area contributed by atoms with Crippen molar-refractivity contribution in [3.63, 3.8) is 0 Å². The van der Waals surface area contributed by atoms with E-state index < -0.39 is 0 Å². The predicted molar refractivity (Wildman–Crippen MR) is 101 cm³/mol. The molecule has 2 aromatic rings. The first-order valence-electron chi connectivity index (χ1n) is 9.31.